The van der Waals surface area contributed by atoms with Gasteiger partial charge in [0.2, 0.25) is 5.91 Å². The van der Waals surface area contributed by atoms with Crippen molar-refractivity contribution in [2.45, 2.75) is 25.3 Å². The maximum Gasteiger partial charge on any atom is 0.326 e. The van der Waals surface area contributed by atoms with Crippen molar-refractivity contribution in [3.05, 3.63) is 29.3 Å². The zero-order chi connectivity index (χ0) is 14.5. The molecule has 0 spiro atoms. The Morgan fingerprint density at radius 3 is 2.85 bits per heavy atom. The number of benzene rings is 1. The number of likely N-dealkylation sites (tertiary alicyclic amines) is 1. The Kier molecular flexibility index (Phi) is 4.84. The van der Waals surface area contributed by atoms with E-state index in [0.29, 0.717) is 23.7 Å². The Morgan fingerprint density at radius 2 is 2.15 bits per heavy atom. The van der Waals surface area contributed by atoms with Crippen LogP contribution in [0, 0.1) is 0 Å². The van der Waals surface area contributed by atoms with E-state index in [1.807, 2.05) is 0 Å². The lowest BCUT2D eigenvalue weighted by Crippen LogP contribution is -2.40. The van der Waals surface area contributed by atoms with Crippen LogP contribution in [0.25, 0.3) is 0 Å². The molecule has 0 unspecified atom stereocenters. The molecule has 1 heterocycles. The van der Waals surface area contributed by atoms with Crippen LogP contribution < -0.4 is 4.74 Å². The zero-order valence-corrected chi connectivity index (χ0v) is 11.7. The third-order valence-corrected chi connectivity index (χ3v) is 3.58. The molecule has 1 aliphatic rings. The van der Waals surface area contributed by atoms with E-state index in [-0.39, 0.29) is 18.9 Å². The monoisotopic (exact) mass is 297 g/mol. The minimum absolute atomic E-state index is 0.148. The third kappa shape index (κ3) is 3.42. The van der Waals surface area contributed by atoms with Gasteiger partial charge in [-0.15, -0.1) is 0 Å². The van der Waals surface area contributed by atoms with Gasteiger partial charge >= 0.3 is 5.97 Å². The molecule has 0 aliphatic carbocycles. The first-order valence-corrected chi connectivity index (χ1v) is 6.87. The van der Waals surface area contributed by atoms with Crippen molar-refractivity contribution >= 4 is 23.5 Å². The molecule has 20 heavy (non-hydrogen) atoms. The number of nitrogens with zero attached hydrogens (tertiary/aromatic N) is 1. The minimum atomic E-state index is -0.942. The van der Waals surface area contributed by atoms with Crippen molar-refractivity contribution in [1.29, 1.82) is 0 Å². The molecular formula is C14H16ClNO4. The number of carboxylic acid groups (broad SMARTS) is 1. The molecule has 5 nitrogen and oxygen atoms in total. The van der Waals surface area contributed by atoms with E-state index in [4.69, 9.17) is 21.4 Å². The molecule has 1 N–H and O–H groups in total. The van der Waals surface area contributed by atoms with Crippen molar-refractivity contribution in [1.82, 2.24) is 4.90 Å². The molecule has 1 amide bonds. The highest BCUT2D eigenvalue weighted by Gasteiger charge is 2.33. The second kappa shape index (κ2) is 6.61. The number of aliphatic carboxylic acids is 1. The molecule has 0 saturated carbocycles. The lowest BCUT2D eigenvalue weighted by molar-refractivity contribution is -0.148. The number of halogens is 1. The molecular weight excluding hydrogens is 282 g/mol. The molecule has 1 saturated heterocycles. The molecule has 1 aromatic rings. The first-order valence-electron chi connectivity index (χ1n) is 6.49. The van der Waals surface area contributed by atoms with Crippen molar-refractivity contribution < 1.29 is 19.4 Å². The molecule has 2 rings (SSSR count). The van der Waals surface area contributed by atoms with Gasteiger partial charge in [-0.3, -0.25) is 4.79 Å². The standard InChI is InChI=1S/C14H16ClNO4/c15-10-4-1-2-6-12(10)20-9-7-13(17)16-8-3-5-11(16)14(18)19/h1-2,4,6,11H,3,5,7-9H2,(H,18,19)/t11-/m0/s1. The summed E-state index contributed by atoms with van der Waals surface area (Å²) >= 11 is 5.93. The van der Waals surface area contributed by atoms with Crippen LogP contribution in [0.15, 0.2) is 24.3 Å². The second-order valence-corrected chi connectivity index (χ2v) is 5.02. The van der Waals surface area contributed by atoms with E-state index in [1.54, 1.807) is 24.3 Å². The average molecular weight is 298 g/mol. The van der Waals surface area contributed by atoms with Crippen LogP contribution in [-0.4, -0.2) is 41.1 Å². The van der Waals surface area contributed by atoms with Gasteiger partial charge in [0.15, 0.2) is 0 Å². The molecule has 1 aliphatic heterocycles. The predicted octanol–water partition coefficient (Wildman–Crippen LogP) is 2.18. The lowest BCUT2D eigenvalue weighted by Gasteiger charge is -2.21. The molecule has 6 heteroatoms. The Bertz CT molecular complexity index is 506. The minimum Gasteiger partial charge on any atom is -0.491 e. The van der Waals surface area contributed by atoms with Crippen molar-refractivity contribution in [3.63, 3.8) is 0 Å². The fourth-order valence-electron chi connectivity index (χ4n) is 2.28. The summed E-state index contributed by atoms with van der Waals surface area (Å²) in [6.07, 6.45) is 1.40. The Balaban J connectivity index is 1.84. The predicted molar refractivity (Wildman–Crippen MR) is 73.9 cm³/mol. The number of rotatable bonds is 5. The number of para-hydroxylation sites is 1. The lowest BCUT2D eigenvalue weighted by atomic mass is 10.2. The number of hydrogen-bond donors (Lipinski definition) is 1. The molecule has 0 aromatic heterocycles. The topological polar surface area (TPSA) is 66.8 Å². The smallest absolute Gasteiger partial charge is 0.326 e. The number of hydrogen-bond acceptors (Lipinski definition) is 3. The summed E-state index contributed by atoms with van der Waals surface area (Å²) in [4.78, 5) is 24.4. The summed E-state index contributed by atoms with van der Waals surface area (Å²) < 4.78 is 5.44. The van der Waals surface area contributed by atoms with E-state index < -0.39 is 12.0 Å². The normalized spacial score (nSPS) is 18.1. The summed E-state index contributed by atoms with van der Waals surface area (Å²) in [6, 6.07) is 6.33. The number of ether oxygens (including phenoxy) is 1. The van der Waals surface area contributed by atoms with Crippen molar-refractivity contribution in [2.75, 3.05) is 13.2 Å². The molecule has 0 bridgehead atoms. The fraction of sp³-hybridized carbons (Fsp3) is 0.429. The first kappa shape index (κ1) is 14.7. The van der Waals surface area contributed by atoms with Gasteiger partial charge in [0.1, 0.15) is 11.8 Å². The van der Waals surface area contributed by atoms with Crippen LogP contribution in [0.3, 0.4) is 0 Å². The Morgan fingerprint density at radius 1 is 1.40 bits per heavy atom. The van der Waals surface area contributed by atoms with Gasteiger partial charge in [-0.25, -0.2) is 4.79 Å². The van der Waals surface area contributed by atoms with Crippen LogP contribution in [-0.2, 0) is 9.59 Å². The molecule has 108 valence electrons. The quantitative estimate of drug-likeness (QED) is 0.904. The van der Waals surface area contributed by atoms with E-state index in [9.17, 15) is 9.59 Å². The maximum absolute atomic E-state index is 12.0. The van der Waals surface area contributed by atoms with Crippen LogP contribution in [0.4, 0.5) is 0 Å². The van der Waals surface area contributed by atoms with E-state index >= 15 is 0 Å². The molecule has 1 atom stereocenters. The van der Waals surface area contributed by atoms with Crippen LogP contribution in [0.5, 0.6) is 5.75 Å². The maximum atomic E-state index is 12.0. The summed E-state index contributed by atoms with van der Waals surface area (Å²) in [7, 11) is 0. The van der Waals surface area contributed by atoms with Crippen LogP contribution >= 0.6 is 11.6 Å². The number of amides is 1. The SMILES string of the molecule is O=C(O)[C@@H]1CCCN1C(=O)CCOc1ccccc1Cl. The highest BCUT2D eigenvalue weighted by molar-refractivity contribution is 6.32. The summed E-state index contributed by atoms with van der Waals surface area (Å²) in [5, 5.41) is 9.52. The van der Waals surface area contributed by atoms with Crippen LogP contribution in [0.2, 0.25) is 5.02 Å². The highest BCUT2D eigenvalue weighted by Crippen LogP contribution is 2.23. The van der Waals surface area contributed by atoms with Crippen LogP contribution in [0.1, 0.15) is 19.3 Å². The molecule has 1 aromatic carbocycles. The van der Waals surface area contributed by atoms with Gasteiger partial charge in [-0.05, 0) is 25.0 Å². The van der Waals surface area contributed by atoms with Gasteiger partial charge in [-0.2, -0.15) is 0 Å². The average Bonchev–Trinajstić information content (AvgIpc) is 2.90. The van der Waals surface area contributed by atoms with Gasteiger partial charge < -0.3 is 14.7 Å². The fourth-order valence-corrected chi connectivity index (χ4v) is 2.47. The first-order chi connectivity index (χ1) is 9.59. The van der Waals surface area contributed by atoms with E-state index in [1.165, 1.54) is 4.90 Å². The van der Waals surface area contributed by atoms with Gasteiger partial charge in [0, 0.05) is 6.54 Å². The third-order valence-electron chi connectivity index (χ3n) is 3.27. The van der Waals surface area contributed by atoms with Gasteiger partial charge in [-0.1, -0.05) is 23.7 Å². The second-order valence-electron chi connectivity index (χ2n) is 4.61. The Labute approximate surface area is 122 Å². The summed E-state index contributed by atoms with van der Waals surface area (Å²) in [5.41, 5.74) is 0. The molecule has 0 radical (unpaired) electrons. The largest absolute Gasteiger partial charge is 0.491 e. The van der Waals surface area contributed by atoms with Crippen molar-refractivity contribution in [2.24, 2.45) is 0 Å². The molecule has 1 fully saturated rings. The van der Waals surface area contributed by atoms with E-state index in [2.05, 4.69) is 0 Å². The van der Waals surface area contributed by atoms with Gasteiger partial charge in [0.25, 0.3) is 0 Å². The van der Waals surface area contributed by atoms with Crippen molar-refractivity contribution in [3.8, 4) is 5.75 Å². The highest BCUT2D eigenvalue weighted by atomic mass is 35.5. The Hall–Kier alpha value is -1.75. The van der Waals surface area contributed by atoms with E-state index in [0.717, 1.165) is 6.42 Å². The number of carbonyl (C=O) groups is 2. The summed E-state index contributed by atoms with van der Waals surface area (Å²) in [5.74, 6) is -0.608. The number of carboxylic acids is 1. The summed E-state index contributed by atoms with van der Waals surface area (Å²) in [6.45, 7) is 0.688. The van der Waals surface area contributed by atoms with Gasteiger partial charge in [0.05, 0.1) is 18.1 Å². The number of carbonyl (C=O) groups excluding carboxylic acids is 1. The zero-order valence-electron chi connectivity index (χ0n) is 10.9.